The van der Waals surface area contributed by atoms with Gasteiger partial charge in [0.25, 0.3) is 0 Å². The minimum Gasteiger partial charge on any atom is -0.496 e. The number of anilines is 1. The molecule has 0 spiro atoms. The first kappa shape index (κ1) is 12.6. The standard InChI is InChI=1S/C11H9BrIN3O/c1-17-9-3-2-6(4-7(9)12)11-15-5-8(13)10(14)16-11/h2-5H,1H3,(H2,14,15,16). The van der Waals surface area contributed by atoms with Gasteiger partial charge in [-0.3, -0.25) is 0 Å². The van der Waals surface area contributed by atoms with Crippen LogP contribution in [0.5, 0.6) is 5.75 Å². The molecule has 6 heteroatoms. The molecule has 17 heavy (non-hydrogen) atoms. The molecule has 0 aliphatic carbocycles. The number of hydrogen-bond donors (Lipinski definition) is 1. The van der Waals surface area contributed by atoms with Crippen molar-refractivity contribution in [2.45, 2.75) is 0 Å². The average Bonchev–Trinajstić information content (AvgIpc) is 2.32. The number of hydrogen-bond acceptors (Lipinski definition) is 4. The summed E-state index contributed by atoms with van der Waals surface area (Å²) in [5.74, 6) is 1.86. The van der Waals surface area contributed by atoms with Crippen LogP contribution in [0.4, 0.5) is 5.82 Å². The molecule has 0 aliphatic rings. The number of ether oxygens (including phenoxy) is 1. The summed E-state index contributed by atoms with van der Waals surface area (Å²) < 4.78 is 6.87. The molecule has 0 bridgehead atoms. The second kappa shape index (κ2) is 5.18. The fourth-order valence-electron chi connectivity index (χ4n) is 1.32. The Morgan fingerprint density at radius 1 is 1.41 bits per heavy atom. The smallest absolute Gasteiger partial charge is 0.161 e. The maximum Gasteiger partial charge on any atom is 0.161 e. The van der Waals surface area contributed by atoms with E-state index in [4.69, 9.17) is 10.5 Å². The highest BCUT2D eigenvalue weighted by molar-refractivity contribution is 14.1. The molecule has 4 nitrogen and oxygen atoms in total. The van der Waals surface area contributed by atoms with E-state index in [-0.39, 0.29) is 0 Å². The summed E-state index contributed by atoms with van der Waals surface area (Å²) >= 11 is 5.52. The third kappa shape index (κ3) is 2.68. The van der Waals surface area contributed by atoms with Crippen LogP contribution in [0.25, 0.3) is 11.4 Å². The van der Waals surface area contributed by atoms with E-state index in [1.165, 1.54) is 0 Å². The molecule has 2 rings (SSSR count). The Labute approximate surface area is 121 Å². The van der Waals surface area contributed by atoms with E-state index < -0.39 is 0 Å². The van der Waals surface area contributed by atoms with E-state index >= 15 is 0 Å². The number of methoxy groups -OCH3 is 1. The summed E-state index contributed by atoms with van der Waals surface area (Å²) in [4.78, 5) is 8.48. The van der Waals surface area contributed by atoms with Crippen molar-refractivity contribution in [1.82, 2.24) is 9.97 Å². The SMILES string of the molecule is COc1ccc(-c2ncc(I)c(N)n2)cc1Br. The van der Waals surface area contributed by atoms with Gasteiger partial charge in [-0.2, -0.15) is 0 Å². The van der Waals surface area contributed by atoms with Gasteiger partial charge in [0.05, 0.1) is 15.2 Å². The molecule has 1 aromatic carbocycles. The van der Waals surface area contributed by atoms with Crippen LogP contribution in [-0.2, 0) is 0 Å². The highest BCUT2D eigenvalue weighted by Crippen LogP contribution is 2.29. The van der Waals surface area contributed by atoms with Crippen LogP contribution in [-0.4, -0.2) is 17.1 Å². The minimum absolute atomic E-state index is 0.488. The molecule has 0 atom stereocenters. The molecular weight excluding hydrogens is 397 g/mol. The molecule has 0 fully saturated rings. The summed E-state index contributed by atoms with van der Waals surface area (Å²) in [7, 11) is 1.62. The van der Waals surface area contributed by atoms with Gasteiger partial charge in [0, 0.05) is 11.8 Å². The van der Waals surface area contributed by atoms with Crippen molar-refractivity contribution in [3.8, 4) is 17.1 Å². The van der Waals surface area contributed by atoms with Gasteiger partial charge in [-0.25, -0.2) is 9.97 Å². The number of nitrogens with two attached hydrogens (primary N) is 1. The van der Waals surface area contributed by atoms with Gasteiger partial charge in [-0.1, -0.05) is 0 Å². The molecule has 0 unspecified atom stereocenters. The second-order valence-electron chi connectivity index (χ2n) is 3.28. The Balaban J connectivity index is 2.46. The minimum atomic E-state index is 0.488. The average molecular weight is 406 g/mol. The fraction of sp³-hybridized carbons (Fsp3) is 0.0909. The highest BCUT2D eigenvalue weighted by Gasteiger charge is 2.07. The van der Waals surface area contributed by atoms with E-state index in [2.05, 4.69) is 48.5 Å². The Hall–Kier alpha value is -0.890. The molecule has 2 aromatic rings. The molecule has 0 saturated heterocycles. The van der Waals surface area contributed by atoms with Crippen molar-refractivity contribution in [2.24, 2.45) is 0 Å². The Morgan fingerprint density at radius 2 is 2.18 bits per heavy atom. The first-order valence-electron chi connectivity index (χ1n) is 4.73. The first-order chi connectivity index (χ1) is 8.11. The summed E-state index contributed by atoms with van der Waals surface area (Å²) in [5.41, 5.74) is 6.65. The van der Waals surface area contributed by atoms with Crippen LogP contribution in [0.2, 0.25) is 0 Å². The van der Waals surface area contributed by atoms with Gasteiger partial charge >= 0.3 is 0 Å². The monoisotopic (exact) mass is 405 g/mol. The molecule has 0 saturated carbocycles. The topological polar surface area (TPSA) is 61.0 Å². The van der Waals surface area contributed by atoms with Crippen molar-refractivity contribution >= 4 is 44.3 Å². The summed E-state index contributed by atoms with van der Waals surface area (Å²) in [5, 5.41) is 0. The van der Waals surface area contributed by atoms with Crippen LogP contribution in [0.15, 0.2) is 28.9 Å². The van der Waals surface area contributed by atoms with Gasteiger partial charge in [-0.05, 0) is 56.7 Å². The molecule has 0 radical (unpaired) electrons. The van der Waals surface area contributed by atoms with Gasteiger partial charge in [0.15, 0.2) is 5.82 Å². The lowest BCUT2D eigenvalue weighted by molar-refractivity contribution is 0.412. The molecule has 88 valence electrons. The molecule has 2 N–H and O–H groups in total. The lowest BCUT2D eigenvalue weighted by Gasteiger charge is -2.06. The van der Waals surface area contributed by atoms with Crippen LogP contribution in [0, 0.1) is 3.57 Å². The number of aromatic nitrogens is 2. The predicted octanol–water partition coefficient (Wildman–Crippen LogP) is 3.10. The number of nitrogens with zero attached hydrogens (tertiary/aromatic N) is 2. The molecule has 0 amide bonds. The van der Waals surface area contributed by atoms with E-state index in [0.29, 0.717) is 11.6 Å². The van der Waals surface area contributed by atoms with E-state index in [0.717, 1.165) is 19.4 Å². The zero-order chi connectivity index (χ0) is 12.4. The Bertz CT molecular complexity index is 562. The van der Waals surface area contributed by atoms with Crippen LogP contribution in [0.3, 0.4) is 0 Å². The van der Waals surface area contributed by atoms with Gasteiger partial charge in [0.1, 0.15) is 11.6 Å². The van der Waals surface area contributed by atoms with Crippen molar-refractivity contribution < 1.29 is 4.74 Å². The summed E-state index contributed by atoms with van der Waals surface area (Å²) in [6.45, 7) is 0. The van der Waals surface area contributed by atoms with Crippen molar-refractivity contribution in [3.05, 3.63) is 32.4 Å². The lowest BCUT2D eigenvalue weighted by Crippen LogP contribution is -1.98. The summed E-state index contributed by atoms with van der Waals surface area (Å²) in [6, 6.07) is 5.66. The zero-order valence-corrected chi connectivity index (χ0v) is 12.7. The van der Waals surface area contributed by atoms with E-state index in [1.54, 1.807) is 13.3 Å². The second-order valence-corrected chi connectivity index (χ2v) is 5.29. The molecular formula is C11H9BrIN3O. The predicted molar refractivity (Wildman–Crippen MR) is 78.8 cm³/mol. The highest BCUT2D eigenvalue weighted by atomic mass is 127. The zero-order valence-electron chi connectivity index (χ0n) is 8.95. The fourth-order valence-corrected chi connectivity index (χ4v) is 2.13. The van der Waals surface area contributed by atoms with Gasteiger partial charge in [-0.15, -0.1) is 0 Å². The van der Waals surface area contributed by atoms with Gasteiger partial charge in [0.2, 0.25) is 0 Å². The van der Waals surface area contributed by atoms with Crippen LogP contribution >= 0.6 is 38.5 Å². The number of nitrogen functional groups attached to an aromatic ring is 1. The Morgan fingerprint density at radius 3 is 2.76 bits per heavy atom. The number of benzene rings is 1. The molecule has 1 heterocycles. The lowest BCUT2D eigenvalue weighted by atomic mass is 10.2. The van der Waals surface area contributed by atoms with E-state index in [9.17, 15) is 0 Å². The van der Waals surface area contributed by atoms with Gasteiger partial charge < -0.3 is 10.5 Å². The number of rotatable bonds is 2. The van der Waals surface area contributed by atoms with E-state index in [1.807, 2.05) is 18.2 Å². The quantitative estimate of drug-likeness (QED) is 0.780. The first-order valence-corrected chi connectivity index (χ1v) is 6.61. The maximum absolute atomic E-state index is 5.76. The maximum atomic E-state index is 5.76. The largest absolute Gasteiger partial charge is 0.496 e. The normalized spacial score (nSPS) is 10.3. The van der Waals surface area contributed by atoms with Crippen molar-refractivity contribution in [3.63, 3.8) is 0 Å². The molecule has 1 aromatic heterocycles. The van der Waals surface area contributed by atoms with Crippen molar-refractivity contribution in [2.75, 3.05) is 12.8 Å². The van der Waals surface area contributed by atoms with Crippen LogP contribution in [0.1, 0.15) is 0 Å². The third-order valence-electron chi connectivity index (χ3n) is 2.18. The Kier molecular flexibility index (Phi) is 3.82. The third-order valence-corrected chi connectivity index (χ3v) is 3.63. The van der Waals surface area contributed by atoms with Crippen LogP contribution < -0.4 is 10.5 Å². The summed E-state index contributed by atoms with van der Waals surface area (Å²) in [6.07, 6.45) is 1.70. The number of halogens is 2. The van der Waals surface area contributed by atoms with Crippen molar-refractivity contribution in [1.29, 1.82) is 0 Å². The molecule has 0 aliphatic heterocycles.